The quantitative estimate of drug-likeness (QED) is 0.912. The van der Waals surface area contributed by atoms with Crippen molar-refractivity contribution in [1.29, 1.82) is 0 Å². The zero-order valence-corrected chi connectivity index (χ0v) is 14.9. The Bertz CT molecular complexity index is 633. The molecule has 0 unspecified atom stereocenters. The van der Waals surface area contributed by atoms with Crippen LogP contribution in [-0.2, 0) is 17.8 Å². The molecule has 1 aliphatic heterocycles. The number of anilines is 1. The molecule has 0 saturated carbocycles. The molecule has 3 rings (SSSR count). The summed E-state index contributed by atoms with van der Waals surface area (Å²) in [7, 11) is 0. The highest BCUT2D eigenvalue weighted by Crippen LogP contribution is 2.24. The Morgan fingerprint density at radius 3 is 2.65 bits per heavy atom. The fourth-order valence-electron chi connectivity index (χ4n) is 3.15. The molecule has 1 saturated heterocycles. The maximum absolute atomic E-state index is 5.86. The van der Waals surface area contributed by atoms with Gasteiger partial charge in [-0.3, -0.25) is 0 Å². The van der Waals surface area contributed by atoms with Crippen LogP contribution in [0.5, 0.6) is 0 Å². The van der Waals surface area contributed by atoms with E-state index in [1.165, 1.54) is 16.1 Å². The highest BCUT2D eigenvalue weighted by Gasteiger charge is 2.23. The summed E-state index contributed by atoms with van der Waals surface area (Å²) < 4.78 is 5.86. The summed E-state index contributed by atoms with van der Waals surface area (Å²) in [5.74, 6) is 0. The van der Waals surface area contributed by atoms with Crippen LogP contribution in [0.4, 0.5) is 5.69 Å². The molecule has 2 heterocycles. The molecule has 0 bridgehead atoms. The van der Waals surface area contributed by atoms with Crippen LogP contribution < -0.4 is 10.2 Å². The van der Waals surface area contributed by atoms with E-state index in [9.17, 15) is 0 Å². The molecule has 124 valence electrons. The smallest absolute Gasteiger partial charge is 0.0897 e. The molecule has 1 fully saturated rings. The van der Waals surface area contributed by atoms with E-state index in [2.05, 4.69) is 53.3 Å². The highest BCUT2D eigenvalue weighted by atomic mass is 32.1. The first-order chi connectivity index (χ1) is 11.1. The van der Waals surface area contributed by atoms with Crippen LogP contribution in [0.1, 0.15) is 29.3 Å². The molecule has 0 amide bonds. The van der Waals surface area contributed by atoms with Gasteiger partial charge in [0.2, 0.25) is 0 Å². The van der Waals surface area contributed by atoms with E-state index in [1.54, 1.807) is 11.3 Å². The van der Waals surface area contributed by atoms with Crippen LogP contribution >= 0.6 is 11.3 Å². The van der Waals surface area contributed by atoms with E-state index in [1.807, 2.05) is 13.1 Å². The number of para-hydroxylation sites is 1. The number of benzene rings is 1. The van der Waals surface area contributed by atoms with Gasteiger partial charge in [-0.05, 0) is 32.4 Å². The summed E-state index contributed by atoms with van der Waals surface area (Å²) in [5, 5.41) is 4.67. The van der Waals surface area contributed by atoms with Gasteiger partial charge in [0.15, 0.2) is 0 Å². The maximum Gasteiger partial charge on any atom is 0.0897 e. The van der Waals surface area contributed by atoms with Gasteiger partial charge >= 0.3 is 0 Å². The van der Waals surface area contributed by atoms with Crippen molar-refractivity contribution in [1.82, 2.24) is 10.3 Å². The summed E-state index contributed by atoms with van der Waals surface area (Å²) >= 11 is 1.76. The summed E-state index contributed by atoms with van der Waals surface area (Å²) in [6.45, 7) is 9.99. The van der Waals surface area contributed by atoms with Crippen molar-refractivity contribution in [2.75, 3.05) is 18.0 Å². The first-order valence-corrected chi connectivity index (χ1v) is 9.04. The van der Waals surface area contributed by atoms with Crippen LogP contribution in [0.15, 0.2) is 30.5 Å². The number of nitrogens with one attached hydrogen (secondary N) is 1. The maximum atomic E-state index is 5.86. The average molecular weight is 331 g/mol. The molecule has 5 heteroatoms. The average Bonchev–Trinajstić information content (AvgIpc) is 2.92. The molecule has 0 radical (unpaired) electrons. The summed E-state index contributed by atoms with van der Waals surface area (Å²) in [6, 6.07) is 8.67. The topological polar surface area (TPSA) is 37.4 Å². The van der Waals surface area contributed by atoms with Crippen molar-refractivity contribution < 1.29 is 4.74 Å². The number of nitrogens with zero attached hydrogens (tertiary/aromatic N) is 2. The minimum absolute atomic E-state index is 0.278. The lowest BCUT2D eigenvalue weighted by Crippen LogP contribution is -2.46. The van der Waals surface area contributed by atoms with Gasteiger partial charge in [0.1, 0.15) is 0 Å². The van der Waals surface area contributed by atoms with E-state index in [4.69, 9.17) is 4.74 Å². The first-order valence-electron chi connectivity index (χ1n) is 8.22. The number of aryl methyl sites for hydroxylation is 1. The van der Waals surface area contributed by atoms with Crippen molar-refractivity contribution in [3.8, 4) is 0 Å². The predicted octanol–water partition coefficient (Wildman–Crippen LogP) is 3.35. The van der Waals surface area contributed by atoms with Crippen LogP contribution in [0.2, 0.25) is 0 Å². The molecule has 23 heavy (non-hydrogen) atoms. The Morgan fingerprint density at radius 2 is 1.96 bits per heavy atom. The van der Waals surface area contributed by atoms with E-state index >= 15 is 0 Å². The van der Waals surface area contributed by atoms with Gasteiger partial charge in [0.05, 0.1) is 17.2 Å². The van der Waals surface area contributed by atoms with Gasteiger partial charge < -0.3 is 15.0 Å². The van der Waals surface area contributed by atoms with Crippen molar-refractivity contribution in [2.45, 2.75) is 46.1 Å². The summed E-state index contributed by atoms with van der Waals surface area (Å²) in [5.41, 5.74) is 2.66. The van der Waals surface area contributed by atoms with Crippen molar-refractivity contribution in [2.24, 2.45) is 0 Å². The predicted molar refractivity (Wildman–Crippen MR) is 96.1 cm³/mol. The number of hydrogen-bond acceptors (Lipinski definition) is 5. The van der Waals surface area contributed by atoms with E-state index in [-0.39, 0.29) is 12.2 Å². The van der Waals surface area contributed by atoms with Gasteiger partial charge in [-0.2, -0.15) is 0 Å². The Hall–Kier alpha value is -1.43. The van der Waals surface area contributed by atoms with Gasteiger partial charge in [-0.1, -0.05) is 18.2 Å². The molecule has 2 atom stereocenters. The Balaban J connectivity index is 1.65. The minimum Gasteiger partial charge on any atom is -0.372 e. The first kappa shape index (κ1) is 16.4. The molecule has 1 aromatic carbocycles. The number of morpholine rings is 1. The molecule has 0 spiro atoms. The zero-order chi connectivity index (χ0) is 16.2. The summed E-state index contributed by atoms with van der Waals surface area (Å²) in [6.07, 6.45) is 2.52. The van der Waals surface area contributed by atoms with Gasteiger partial charge in [-0.25, -0.2) is 4.98 Å². The second-order valence-electron chi connectivity index (χ2n) is 6.24. The highest BCUT2D eigenvalue weighted by molar-refractivity contribution is 7.11. The second-order valence-corrected chi connectivity index (χ2v) is 7.56. The van der Waals surface area contributed by atoms with E-state index < -0.39 is 0 Å². The lowest BCUT2D eigenvalue weighted by Gasteiger charge is -2.37. The normalized spacial score (nSPS) is 21.6. The van der Waals surface area contributed by atoms with Gasteiger partial charge in [0.25, 0.3) is 0 Å². The van der Waals surface area contributed by atoms with Crippen LogP contribution in [0, 0.1) is 6.92 Å². The van der Waals surface area contributed by atoms with Gasteiger partial charge in [-0.15, -0.1) is 11.3 Å². The van der Waals surface area contributed by atoms with Crippen LogP contribution in [0.3, 0.4) is 0 Å². The molecule has 4 nitrogen and oxygen atoms in total. The van der Waals surface area contributed by atoms with E-state index in [0.717, 1.165) is 31.2 Å². The molecule has 1 aromatic heterocycles. The van der Waals surface area contributed by atoms with Gasteiger partial charge in [0, 0.05) is 42.9 Å². The van der Waals surface area contributed by atoms with Crippen molar-refractivity contribution >= 4 is 17.0 Å². The fraction of sp³-hybridized carbons (Fsp3) is 0.500. The van der Waals surface area contributed by atoms with E-state index in [0.29, 0.717) is 0 Å². The third-order valence-corrected chi connectivity index (χ3v) is 4.95. The van der Waals surface area contributed by atoms with Crippen LogP contribution in [-0.4, -0.2) is 30.3 Å². The Kier molecular flexibility index (Phi) is 5.30. The summed E-state index contributed by atoms with van der Waals surface area (Å²) in [4.78, 5) is 8.04. The number of hydrogen-bond donors (Lipinski definition) is 1. The SMILES string of the molecule is Cc1ncc(CNCc2ccccc2N2C[C@@H](C)O[C@@H](C)C2)s1. The molecule has 0 aliphatic carbocycles. The molecular formula is C18H25N3OS. The number of rotatable bonds is 5. The zero-order valence-electron chi connectivity index (χ0n) is 14.1. The number of ether oxygens (including phenoxy) is 1. The third kappa shape index (κ3) is 4.31. The van der Waals surface area contributed by atoms with Crippen LogP contribution in [0.25, 0.3) is 0 Å². The lowest BCUT2D eigenvalue weighted by molar-refractivity contribution is -0.00526. The van der Waals surface area contributed by atoms with Crippen molar-refractivity contribution in [3.63, 3.8) is 0 Å². The molecule has 2 aromatic rings. The largest absolute Gasteiger partial charge is 0.372 e. The number of aromatic nitrogens is 1. The second kappa shape index (κ2) is 7.43. The Morgan fingerprint density at radius 1 is 1.22 bits per heavy atom. The molecular weight excluding hydrogens is 306 g/mol. The molecule has 1 aliphatic rings. The standard InChI is InChI=1S/C18H25N3OS/c1-13-11-21(12-14(2)22-13)18-7-5-4-6-16(18)8-19-9-17-10-20-15(3)23-17/h4-7,10,13-14,19H,8-9,11-12H2,1-3H3/t13-,14+. The lowest BCUT2D eigenvalue weighted by atomic mass is 10.1. The Labute approximate surface area is 142 Å². The van der Waals surface area contributed by atoms with Crippen molar-refractivity contribution in [3.05, 3.63) is 45.9 Å². The number of thiazole rings is 1. The third-order valence-electron chi connectivity index (χ3n) is 4.04. The fourth-order valence-corrected chi connectivity index (χ4v) is 3.92. The molecule has 1 N–H and O–H groups in total. The minimum atomic E-state index is 0.278. The monoisotopic (exact) mass is 331 g/mol.